The van der Waals surface area contributed by atoms with Crippen molar-refractivity contribution in [2.45, 2.75) is 174 Å². The molecule has 0 fully saturated rings. The molecule has 0 radical (unpaired) electrons. The zero-order chi connectivity index (χ0) is 41.8. The summed E-state index contributed by atoms with van der Waals surface area (Å²) in [7, 11) is -4.40. The number of allylic oxidation sites excluding steroid dienone is 14. The summed E-state index contributed by atoms with van der Waals surface area (Å²) in [6.45, 7) is 3.51. The monoisotopic (exact) mass is 818 g/mol. The van der Waals surface area contributed by atoms with Crippen LogP contribution in [0.2, 0.25) is 0 Å². The molecule has 0 saturated heterocycles. The number of unbranched alkanes of at least 4 members (excludes halogenated alkanes) is 13. The fraction of sp³-hybridized carbons (Fsp3) is 0.660. The molecule has 9 nitrogen and oxygen atoms in total. The smallest absolute Gasteiger partial charge is 0.462 e. The van der Waals surface area contributed by atoms with Gasteiger partial charge in [-0.05, 0) is 77.0 Å². The van der Waals surface area contributed by atoms with Crippen LogP contribution in [0.25, 0.3) is 0 Å². The van der Waals surface area contributed by atoms with Crippen LogP contribution in [0, 0.1) is 0 Å². The van der Waals surface area contributed by atoms with Gasteiger partial charge in [0, 0.05) is 19.4 Å². The van der Waals surface area contributed by atoms with Crippen molar-refractivity contribution in [3.05, 3.63) is 85.1 Å². The maximum Gasteiger partial charge on any atom is 0.472 e. The lowest BCUT2D eigenvalue weighted by atomic mass is 10.1. The number of phosphoric acid groups is 1. The van der Waals surface area contributed by atoms with E-state index in [9.17, 15) is 19.0 Å². The number of esters is 2. The van der Waals surface area contributed by atoms with Crippen molar-refractivity contribution in [2.75, 3.05) is 26.4 Å². The number of phosphoric ester groups is 1. The van der Waals surface area contributed by atoms with Crippen molar-refractivity contribution in [1.82, 2.24) is 0 Å². The summed E-state index contributed by atoms with van der Waals surface area (Å²) >= 11 is 0. The van der Waals surface area contributed by atoms with Crippen molar-refractivity contribution in [1.29, 1.82) is 0 Å². The molecule has 0 spiro atoms. The number of carbonyl (C=O) groups is 2. The normalized spacial score (nSPS) is 14.1. The third kappa shape index (κ3) is 42.6. The first-order chi connectivity index (χ1) is 27.8. The van der Waals surface area contributed by atoms with E-state index in [1.165, 1.54) is 64.2 Å². The minimum atomic E-state index is -4.40. The number of nitrogens with two attached hydrogens (primary N) is 1. The van der Waals surface area contributed by atoms with Gasteiger partial charge in [0.2, 0.25) is 0 Å². The molecule has 3 N–H and O–H groups in total. The van der Waals surface area contributed by atoms with E-state index in [0.717, 1.165) is 64.2 Å². The maximum atomic E-state index is 12.6. The molecule has 57 heavy (non-hydrogen) atoms. The number of carbonyl (C=O) groups excluding carboxylic acids is 2. The van der Waals surface area contributed by atoms with Crippen LogP contribution in [0.5, 0.6) is 0 Å². The third-order valence-corrected chi connectivity index (χ3v) is 9.76. The van der Waals surface area contributed by atoms with E-state index < -0.39 is 32.5 Å². The summed E-state index contributed by atoms with van der Waals surface area (Å²) < 4.78 is 32.7. The van der Waals surface area contributed by atoms with E-state index in [-0.39, 0.29) is 32.6 Å². The van der Waals surface area contributed by atoms with Gasteiger partial charge in [-0.1, -0.05) is 163 Å². The first-order valence-electron chi connectivity index (χ1n) is 22.1. The molecule has 0 saturated carbocycles. The van der Waals surface area contributed by atoms with Gasteiger partial charge in [-0.3, -0.25) is 18.6 Å². The Kier molecular flexibility index (Phi) is 40.7. The second-order valence-electron chi connectivity index (χ2n) is 14.2. The molecular weight excluding hydrogens is 737 g/mol. The van der Waals surface area contributed by atoms with Crippen LogP contribution in [0.1, 0.15) is 168 Å². The number of hydrogen-bond donors (Lipinski definition) is 2. The average molecular weight is 818 g/mol. The number of ether oxygens (including phenoxy) is 2. The van der Waals surface area contributed by atoms with E-state index in [4.69, 9.17) is 24.3 Å². The molecule has 326 valence electrons. The molecule has 1 unspecified atom stereocenters. The van der Waals surface area contributed by atoms with E-state index >= 15 is 0 Å². The Bertz CT molecular complexity index is 1210. The zero-order valence-corrected chi connectivity index (χ0v) is 36.7. The lowest BCUT2D eigenvalue weighted by Gasteiger charge is -2.19. The fourth-order valence-electron chi connectivity index (χ4n) is 5.54. The average Bonchev–Trinajstić information content (AvgIpc) is 3.20. The highest BCUT2D eigenvalue weighted by molar-refractivity contribution is 7.47. The highest BCUT2D eigenvalue weighted by Crippen LogP contribution is 2.43. The Labute approximate surface area is 347 Å². The van der Waals surface area contributed by atoms with E-state index in [1.807, 2.05) is 12.2 Å². The van der Waals surface area contributed by atoms with Crippen LogP contribution < -0.4 is 5.73 Å². The molecule has 0 aliphatic heterocycles. The largest absolute Gasteiger partial charge is 0.472 e. The maximum absolute atomic E-state index is 12.6. The predicted octanol–water partition coefficient (Wildman–Crippen LogP) is 12.8. The lowest BCUT2D eigenvalue weighted by molar-refractivity contribution is -0.161. The lowest BCUT2D eigenvalue weighted by Crippen LogP contribution is -2.29. The Morgan fingerprint density at radius 1 is 0.544 bits per heavy atom. The van der Waals surface area contributed by atoms with Crippen LogP contribution in [-0.2, 0) is 32.7 Å². The molecule has 0 heterocycles. The van der Waals surface area contributed by atoms with Gasteiger partial charge in [0.25, 0.3) is 0 Å². The Morgan fingerprint density at radius 3 is 1.51 bits per heavy atom. The van der Waals surface area contributed by atoms with Gasteiger partial charge in [-0.2, -0.15) is 0 Å². The highest BCUT2D eigenvalue weighted by Gasteiger charge is 2.25. The molecule has 0 aromatic rings. The number of hydrogen-bond acceptors (Lipinski definition) is 8. The van der Waals surface area contributed by atoms with Crippen molar-refractivity contribution in [2.24, 2.45) is 5.73 Å². The number of rotatable bonds is 40. The van der Waals surface area contributed by atoms with Crippen LogP contribution >= 0.6 is 7.82 Å². The molecule has 0 bridgehead atoms. The minimum absolute atomic E-state index is 0.0372. The third-order valence-electron chi connectivity index (χ3n) is 8.78. The molecule has 0 aliphatic rings. The second-order valence-corrected chi connectivity index (χ2v) is 15.6. The molecule has 2 atom stereocenters. The summed E-state index contributed by atoms with van der Waals surface area (Å²) in [5, 5.41) is 0. The van der Waals surface area contributed by atoms with Crippen LogP contribution in [0.4, 0.5) is 0 Å². The van der Waals surface area contributed by atoms with Crippen molar-refractivity contribution in [3.63, 3.8) is 0 Å². The standard InChI is InChI=1S/C47H80NO8P/c1-3-5-7-9-11-13-15-17-19-21-22-24-26-28-30-32-34-36-38-40-47(50)56-45(44-55-57(51,52)54-42-41-48)43-53-46(49)39-37-35-33-31-29-27-25-23-20-18-16-14-12-10-8-6-4-2/h5,7,11,13,17-20,22,24,28,30,34,36,45H,3-4,6,8-10,12,14-16,21,23,25-27,29,31-33,35,37-44,48H2,1-2H3,(H,51,52)/t45-/m1/s1. The van der Waals surface area contributed by atoms with E-state index in [2.05, 4.69) is 86.8 Å². The van der Waals surface area contributed by atoms with Gasteiger partial charge >= 0.3 is 19.8 Å². The quantitative estimate of drug-likeness (QED) is 0.0268. The second kappa shape index (κ2) is 42.8. The van der Waals surface area contributed by atoms with Crippen LogP contribution in [0.15, 0.2) is 85.1 Å². The molecule has 0 aliphatic carbocycles. The Hall–Kier alpha value is -2.81. The van der Waals surface area contributed by atoms with E-state index in [1.54, 1.807) is 0 Å². The summed E-state index contributed by atoms with van der Waals surface area (Å²) in [5.41, 5.74) is 5.34. The van der Waals surface area contributed by atoms with Crippen LogP contribution in [0.3, 0.4) is 0 Å². The predicted molar refractivity (Wildman–Crippen MR) is 238 cm³/mol. The molecule has 10 heteroatoms. The Balaban J connectivity index is 4.29. The van der Waals surface area contributed by atoms with Crippen molar-refractivity contribution < 1.29 is 37.6 Å². The van der Waals surface area contributed by atoms with E-state index in [0.29, 0.717) is 12.8 Å². The van der Waals surface area contributed by atoms with Crippen molar-refractivity contribution >= 4 is 19.8 Å². The zero-order valence-electron chi connectivity index (χ0n) is 35.8. The van der Waals surface area contributed by atoms with Gasteiger partial charge in [0.05, 0.1) is 13.2 Å². The van der Waals surface area contributed by atoms with Gasteiger partial charge < -0.3 is 20.1 Å². The summed E-state index contributed by atoms with van der Waals surface area (Å²) in [5.74, 6) is -0.938. The summed E-state index contributed by atoms with van der Waals surface area (Å²) in [6, 6.07) is 0. The van der Waals surface area contributed by atoms with Gasteiger partial charge in [-0.25, -0.2) is 4.57 Å². The SMILES string of the molecule is CCC=CCC=CCC=CCC=CCC=CCC=CCCC(=O)O[C@H](COC(=O)CCCCCCCCCC=CCCCCCCCC)COP(=O)(O)OCCN. The van der Waals surface area contributed by atoms with Gasteiger partial charge in [0.1, 0.15) is 6.61 Å². The van der Waals surface area contributed by atoms with Gasteiger partial charge in [-0.15, -0.1) is 0 Å². The minimum Gasteiger partial charge on any atom is -0.462 e. The molecule has 0 rings (SSSR count). The van der Waals surface area contributed by atoms with Crippen molar-refractivity contribution in [3.8, 4) is 0 Å². The molecular formula is C47H80NO8P. The first kappa shape index (κ1) is 54.2. The summed E-state index contributed by atoms with van der Waals surface area (Å²) in [4.78, 5) is 34.9. The van der Waals surface area contributed by atoms with Crippen LogP contribution in [-0.4, -0.2) is 49.3 Å². The highest BCUT2D eigenvalue weighted by atomic mass is 31.2. The first-order valence-corrected chi connectivity index (χ1v) is 23.6. The summed E-state index contributed by atoms with van der Waals surface area (Å²) in [6.07, 6.45) is 53.4. The topological polar surface area (TPSA) is 134 Å². The fourth-order valence-corrected chi connectivity index (χ4v) is 6.30. The molecule has 0 aromatic carbocycles. The molecule has 0 amide bonds. The van der Waals surface area contributed by atoms with Gasteiger partial charge in [0.15, 0.2) is 6.10 Å². The Morgan fingerprint density at radius 2 is 1.00 bits per heavy atom. The molecule has 0 aromatic heterocycles.